The maximum atomic E-state index is 4.77. The second kappa shape index (κ2) is 5.95. The van der Waals surface area contributed by atoms with Crippen LogP contribution in [0.25, 0.3) is 10.2 Å². The fourth-order valence-electron chi connectivity index (χ4n) is 2.89. The average molecular weight is 290 g/mol. The van der Waals surface area contributed by atoms with E-state index in [2.05, 4.69) is 40.6 Å². The predicted octanol–water partition coefficient (Wildman–Crippen LogP) is 3.89. The molecule has 1 saturated carbocycles. The third kappa shape index (κ3) is 2.59. The Hall–Kier alpha value is -1.36. The maximum absolute atomic E-state index is 4.77. The molecule has 1 aliphatic rings. The first-order valence-electron chi connectivity index (χ1n) is 7.51. The van der Waals surface area contributed by atoms with Crippen molar-refractivity contribution in [2.24, 2.45) is 0 Å². The Morgan fingerprint density at radius 1 is 1.35 bits per heavy atom. The molecule has 0 radical (unpaired) electrons. The van der Waals surface area contributed by atoms with Crippen molar-refractivity contribution < 1.29 is 0 Å². The molecule has 2 aromatic heterocycles. The first-order valence-corrected chi connectivity index (χ1v) is 8.39. The lowest BCUT2D eigenvalue weighted by molar-refractivity contribution is 0.648. The molecule has 108 valence electrons. The molecule has 0 aromatic carbocycles. The van der Waals surface area contributed by atoms with Gasteiger partial charge in [0.1, 0.15) is 10.6 Å². The molecule has 0 bridgehead atoms. The van der Waals surface area contributed by atoms with Gasteiger partial charge in [0.2, 0.25) is 5.95 Å². The van der Waals surface area contributed by atoms with E-state index in [9.17, 15) is 0 Å². The third-order valence-electron chi connectivity index (χ3n) is 4.04. The second-order valence-electron chi connectivity index (χ2n) is 5.49. The van der Waals surface area contributed by atoms with E-state index in [-0.39, 0.29) is 0 Å². The summed E-state index contributed by atoms with van der Waals surface area (Å²) in [4.78, 5) is 12.8. The topological polar surface area (TPSA) is 41.1 Å². The van der Waals surface area contributed by atoms with Crippen LogP contribution < -0.4 is 10.2 Å². The smallest absolute Gasteiger partial charge is 0.226 e. The standard InChI is InChI=1S/C15H22N4S/c1-3-9-16-15-17-13(12-8-10-20-14(12)18-15)19(2)11-6-4-5-7-11/h8,10-11H,3-7,9H2,1-2H3,(H,16,17,18). The normalized spacial score (nSPS) is 15.9. The van der Waals surface area contributed by atoms with Crippen LogP contribution in [-0.2, 0) is 0 Å². The summed E-state index contributed by atoms with van der Waals surface area (Å²) in [6.45, 7) is 3.08. The lowest BCUT2D eigenvalue weighted by atomic mass is 10.2. The van der Waals surface area contributed by atoms with E-state index in [0.29, 0.717) is 6.04 Å². The number of hydrogen-bond acceptors (Lipinski definition) is 5. The number of nitrogens with one attached hydrogen (secondary N) is 1. The van der Waals surface area contributed by atoms with Gasteiger partial charge in [0.05, 0.1) is 5.39 Å². The van der Waals surface area contributed by atoms with E-state index in [1.165, 1.54) is 31.1 Å². The average Bonchev–Trinajstić information content (AvgIpc) is 3.13. The summed E-state index contributed by atoms with van der Waals surface area (Å²) in [6, 6.07) is 2.77. The summed E-state index contributed by atoms with van der Waals surface area (Å²) in [6.07, 6.45) is 6.33. The number of anilines is 2. The van der Waals surface area contributed by atoms with Crippen LogP contribution in [0.5, 0.6) is 0 Å². The highest BCUT2D eigenvalue weighted by atomic mass is 32.1. The van der Waals surface area contributed by atoms with Gasteiger partial charge in [-0.3, -0.25) is 0 Å². The molecule has 5 heteroatoms. The summed E-state index contributed by atoms with van der Waals surface area (Å²) in [5.41, 5.74) is 0. The predicted molar refractivity (Wildman–Crippen MR) is 86.9 cm³/mol. The zero-order valence-corrected chi connectivity index (χ0v) is 13.0. The van der Waals surface area contributed by atoms with Crippen LogP contribution >= 0.6 is 11.3 Å². The van der Waals surface area contributed by atoms with Crippen LogP contribution in [0.1, 0.15) is 39.0 Å². The molecule has 1 fully saturated rings. The van der Waals surface area contributed by atoms with Crippen molar-refractivity contribution in [2.45, 2.75) is 45.1 Å². The minimum atomic E-state index is 0.632. The van der Waals surface area contributed by atoms with Crippen LogP contribution in [0.15, 0.2) is 11.4 Å². The number of fused-ring (bicyclic) bond motifs is 1. The molecule has 0 aliphatic heterocycles. The SMILES string of the molecule is CCCNc1nc(N(C)C2CCCC2)c2ccsc2n1. The van der Waals surface area contributed by atoms with Crippen LogP contribution in [0, 0.1) is 0 Å². The van der Waals surface area contributed by atoms with Crippen molar-refractivity contribution in [3.63, 3.8) is 0 Å². The van der Waals surface area contributed by atoms with E-state index >= 15 is 0 Å². The van der Waals surface area contributed by atoms with Gasteiger partial charge >= 0.3 is 0 Å². The van der Waals surface area contributed by atoms with Gasteiger partial charge in [-0.25, -0.2) is 4.98 Å². The molecule has 20 heavy (non-hydrogen) atoms. The van der Waals surface area contributed by atoms with Gasteiger partial charge in [-0.2, -0.15) is 4.98 Å². The van der Waals surface area contributed by atoms with E-state index in [0.717, 1.165) is 29.6 Å². The van der Waals surface area contributed by atoms with Gasteiger partial charge in [-0.15, -0.1) is 11.3 Å². The van der Waals surface area contributed by atoms with Gasteiger partial charge in [-0.1, -0.05) is 19.8 Å². The highest BCUT2D eigenvalue weighted by Gasteiger charge is 2.23. The maximum Gasteiger partial charge on any atom is 0.226 e. The number of hydrogen-bond donors (Lipinski definition) is 1. The Kier molecular flexibility index (Phi) is 4.05. The Labute approximate surface area is 124 Å². The molecule has 4 nitrogen and oxygen atoms in total. The summed E-state index contributed by atoms with van der Waals surface area (Å²) in [5.74, 6) is 1.85. The minimum Gasteiger partial charge on any atom is -0.356 e. The largest absolute Gasteiger partial charge is 0.356 e. The van der Waals surface area contributed by atoms with Crippen LogP contribution in [0.2, 0.25) is 0 Å². The summed E-state index contributed by atoms with van der Waals surface area (Å²) in [7, 11) is 2.18. The summed E-state index contributed by atoms with van der Waals surface area (Å²) < 4.78 is 0. The number of rotatable bonds is 5. The Balaban J connectivity index is 1.96. The van der Waals surface area contributed by atoms with E-state index < -0.39 is 0 Å². The van der Waals surface area contributed by atoms with E-state index in [4.69, 9.17) is 4.98 Å². The fraction of sp³-hybridized carbons (Fsp3) is 0.600. The summed E-state index contributed by atoms with van der Waals surface area (Å²) in [5, 5.41) is 6.61. The van der Waals surface area contributed by atoms with E-state index in [1.54, 1.807) is 11.3 Å². The molecule has 2 aromatic rings. The summed E-state index contributed by atoms with van der Waals surface area (Å²) >= 11 is 1.69. The molecule has 0 saturated heterocycles. The van der Waals surface area contributed by atoms with Gasteiger partial charge in [0.15, 0.2) is 0 Å². The molecule has 0 unspecified atom stereocenters. The monoisotopic (exact) mass is 290 g/mol. The molecule has 0 atom stereocenters. The van der Waals surface area contributed by atoms with Crippen molar-refractivity contribution in [2.75, 3.05) is 23.8 Å². The van der Waals surface area contributed by atoms with Crippen molar-refractivity contribution in [3.8, 4) is 0 Å². The Morgan fingerprint density at radius 3 is 2.90 bits per heavy atom. The quantitative estimate of drug-likeness (QED) is 0.907. The molecule has 1 N–H and O–H groups in total. The highest BCUT2D eigenvalue weighted by molar-refractivity contribution is 7.16. The Morgan fingerprint density at radius 2 is 2.15 bits per heavy atom. The first kappa shape index (κ1) is 13.6. The zero-order chi connectivity index (χ0) is 13.9. The number of thiophene rings is 1. The first-order chi connectivity index (χ1) is 9.79. The fourth-order valence-corrected chi connectivity index (χ4v) is 3.65. The number of nitrogens with zero attached hydrogens (tertiary/aromatic N) is 3. The van der Waals surface area contributed by atoms with Gasteiger partial charge in [0, 0.05) is 19.6 Å². The molecule has 3 rings (SSSR count). The van der Waals surface area contributed by atoms with Gasteiger partial charge in [0.25, 0.3) is 0 Å². The molecule has 0 amide bonds. The molecular formula is C15H22N4S. The van der Waals surface area contributed by atoms with Gasteiger partial charge in [-0.05, 0) is 30.7 Å². The second-order valence-corrected chi connectivity index (χ2v) is 6.38. The van der Waals surface area contributed by atoms with Crippen molar-refractivity contribution in [3.05, 3.63) is 11.4 Å². The van der Waals surface area contributed by atoms with Crippen molar-refractivity contribution in [1.29, 1.82) is 0 Å². The highest BCUT2D eigenvalue weighted by Crippen LogP contribution is 2.33. The minimum absolute atomic E-state index is 0.632. The van der Waals surface area contributed by atoms with Crippen molar-refractivity contribution in [1.82, 2.24) is 9.97 Å². The lowest BCUT2D eigenvalue weighted by Gasteiger charge is -2.26. The lowest BCUT2D eigenvalue weighted by Crippen LogP contribution is -2.30. The van der Waals surface area contributed by atoms with E-state index in [1.807, 2.05) is 0 Å². The number of aromatic nitrogens is 2. The Bertz CT molecular complexity index is 574. The van der Waals surface area contributed by atoms with Gasteiger partial charge < -0.3 is 10.2 Å². The molecule has 1 aliphatic carbocycles. The molecule has 2 heterocycles. The van der Waals surface area contributed by atoms with Crippen molar-refractivity contribution >= 4 is 33.3 Å². The van der Waals surface area contributed by atoms with Crippen LogP contribution in [0.3, 0.4) is 0 Å². The third-order valence-corrected chi connectivity index (χ3v) is 4.85. The van der Waals surface area contributed by atoms with Crippen LogP contribution in [0.4, 0.5) is 11.8 Å². The van der Waals surface area contributed by atoms with Crippen LogP contribution in [-0.4, -0.2) is 29.6 Å². The molecular weight excluding hydrogens is 268 g/mol. The molecule has 0 spiro atoms. The zero-order valence-electron chi connectivity index (χ0n) is 12.2.